The quantitative estimate of drug-likeness (QED) is 0.115. The molecular weight excluding hydrogens is 1010 g/mol. The van der Waals surface area contributed by atoms with Gasteiger partial charge >= 0.3 is 0 Å². The number of hydrogen-bond donors (Lipinski definition) is 0. The fraction of sp³-hybridized carbons (Fsp3) is 0.270. The molecule has 4 nitrogen and oxygen atoms in total. The van der Waals surface area contributed by atoms with Crippen LogP contribution in [0.1, 0.15) is 176 Å². The molecule has 79 heavy (non-hydrogen) atoms. The third-order valence-corrected chi connectivity index (χ3v) is 15.0. The van der Waals surface area contributed by atoms with Gasteiger partial charge in [0.1, 0.15) is 0 Å². The summed E-state index contributed by atoms with van der Waals surface area (Å²) in [6.45, 7) is 31.5. The molecule has 0 aliphatic carbocycles. The zero-order chi connectivity index (χ0) is 55.5. The molecule has 0 amide bonds. The molecule has 0 unspecified atom stereocenters. The van der Waals surface area contributed by atoms with E-state index in [-0.39, 0.29) is 27.9 Å². The molecule has 0 saturated heterocycles. The molecule has 0 atom stereocenters. The first-order valence-electron chi connectivity index (χ1n) is 28.1. The Kier molecular flexibility index (Phi) is 17.9. The molecule has 5 heteroatoms. The molecule has 0 fully saturated rings. The van der Waals surface area contributed by atoms with E-state index in [0.717, 1.165) is 56.4 Å². The number of benzene rings is 6. The predicted molar refractivity (Wildman–Crippen MR) is 339 cm³/mol. The summed E-state index contributed by atoms with van der Waals surface area (Å²) in [7, 11) is 0. The Balaban J connectivity index is 0.000000205. The van der Waals surface area contributed by atoms with Crippen molar-refractivity contribution in [3.63, 3.8) is 0 Å². The third kappa shape index (κ3) is 13.6. The van der Waals surface area contributed by atoms with Gasteiger partial charge in [0.2, 0.25) is 0 Å². The van der Waals surface area contributed by atoms with Crippen molar-refractivity contribution in [2.75, 3.05) is 0 Å². The Morgan fingerprint density at radius 2 is 0.747 bits per heavy atom. The largest absolute Gasteiger partial charge is 0.656 e. The minimum Gasteiger partial charge on any atom is -0.656 e. The van der Waals surface area contributed by atoms with E-state index in [1.807, 2.05) is 0 Å². The Bertz CT molecular complexity index is 3480. The number of aromatic nitrogens is 2. The minimum atomic E-state index is 0. The molecule has 0 spiro atoms. The number of hydrogen-bond acceptors (Lipinski definition) is 2. The van der Waals surface area contributed by atoms with Crippen molar-refractivity contribution < 1.29 is 17.1 Å². The Labute approximate surface area is 482 Å². The zero-order valence-electron chi connectivity index (χ0n) is 48.9. The monoisotopic (exact) mass is 1090 g/mol. The van der Waals surface area contributed by atoms with Crippen molar-refractivity contribution in [1.82, 2.24) is 9.97 Å². The van der Waals surface area contributed by atoms with Gasteiger partial charge in [0.25, 0.3) is 0 Å². The summed E-state index contributed by atoms with van der Waals surface area (Å²) in [4.78, 5) is 20.1. The fourth-order valence-electron chi connectivity index (χ4n) is 10.2. The van der Waals surface area contributed by atoms with Crippen molar-refractivity contribution in [3.05, 3.63) is 237 Å². The van der Waals surface area contributed by atoms with Gasteiger partial charge in [-0.2, -0.15) is 0 Å². The first kappa shape index (κ1) is 57.9. The maximum absolute atomic E-state index is 5.19. The van der Waals surface area contributed by atoms with Crippen LogP contribution in [0.4, 0.5) is 0 Å². The van der Waals surface area contributed by atoms with Crippen LogP contribution in [0.3, 0.4) is 0 Å². The van der Waals surface area contributed by atoms with Gasteiger partial charge in [0, 0.05) is 17.1 Å². The summed E-state index contributed by atoms with van der Waals surface area (Å²) in [6.07, 6.45) is 20.9. The predicted octanol–water partition coefficient (Wildman–Crippen LogP) is 20.1. The minimum absolute atomic E-state index is 0. The molecule has 407 valence electrons. The van der Waals surface area contributed by atoms with Crippen molar-refractivity contribution in [3.8, 4) is 22.5 Å². The van der Waals surface area contributed by atoms with E-state index in [1.165, 1.54) is 66.4 Å². The second-order valence-corrected chi connectivity index (χ2v) is 24.4. The van der Waals surface area contributed by atoms with Gasteiger partial charge in [-0.05, 0) is 148 Å². The van der Waals surface area contributed by atoms with E-state index in [4.69, 9.17) is 20.0 Å². The number of allylic oxidation sites excluding steroid dienone is 6. The van der Waals surface area contributed by atoms with Gasteiger partial charge in [-0.15, -0.1) is 22.8 Å². The Morgan fingerprint density at radius 3 is 1.08 bits per heavy atom. The van der Waals surface area contributed by atoms with Gasteiger partial charge in [-0.1, -0.05) is 255 Å². The number of aliphatic imine (C=N–C) groups is 2. The van der Waals surface area contributed by atoms with E-state index < -0.39 is 0 Å². The smallest absolute Gasteiger partial charge is 0.0637 e. The number of rotatable bonds is 12. The first-order chi connectivity index (χ1) is 37.2. The average Bonchev–Trinajstić information content (AvgIpc) is 4.24. The molecule has 8 aromatic rings. The van der Waals surface area contributed by atoms with Crippen LogP contribution in [-0.4, -0.2) is 11.4 Å². The standard InChI is InChI=1S/2C37H39N2.Cu/c2*1-24(2)27-15-21-33(34(22-27)25(3)4)36-32-11-9-8-10-31(32)35(39-36)23-30-20-19-29(38-30)18-14-26-12-16-28(17-13-26)37(5,6)7;/h2*8-25H,1-7H3;/q2*-1;/b2*18-14+,30-23-;. The van der Waals surface area contributed by atoms with E-state index in [0.29, 0.717) is 23.7 Å². The normalized spacial score (nSPS) is 14.8. The van der Waals surface area contributed by atoms with Gasteiger partial charge < -0.3 is 9.97 Å². The topological polar surface area (TPSA) is 52.9 Å². The van der Waals surface area contributed by atoms with E-state index in [2.05, 4.69) is 291 Å². The molecular formula is C74H78CuN4-2. The van der Waals surface area contributed by atoms with E-state index >= 15 is 0 Å². The summed E-state index contributed by atoms with van der Waals surface area (Å²) in [5.41, 5.74) is 21.0. The van der Waals surface area contributed by atoms with Gasteiger partial charge in [-0.3, -0.25) is 0 Å². The van der Waals surface area contributed by atoms with Gasteiger partial charge in [-0.25, -0.2) is 9.98 Å². The molecule has 4 heterocycles. The molecule has 1 radical (unpaired) electrons. The first-order valence-corrected chi connectivity index (χ1v) is 28.1. The Morgan fingerprint density at radius 1 is 0.392 bits per heavy atom. The summed E-state index contributed by atoms with van der Waals surface area (Å²) in [6, 6.07) is 48.4. The molecule has 0 saturated carbocycles. The third-order valence-electron chi connectivity index (χ3n) is 15.0. The maximum atomic E-state index is 5.19. The van der Waals surface area contributed by atoms with Crippen LogP contribution >= 0.6 is 0 Å². The van der Waals surface area contributed by atoms with Crippen LogP contribution < -0.4 is 9.97 Å². The van der Waals surface area contributed by atoms with Crippen LogP contribution in [0.2, 0.25) is 0 Å². The number of fused-ring (bicyclic) bond motifs is 2. The van der Waals surface area contributed by atoms with Gasteiger partial charge in [0.15, 0.2) is 0 Å². The summed E-state index contributed by atoms with van der Waals surface area (Å²) < 4.78 is 0. The molecule has 2 aliphatic heterocycles. The van der Waals surface area contributed by atoms with E-state index in [9.17, 15) is 0 Å². The number of nitrogens with zero attached hydrogens (tertiary/aromatic N) is 4. The molecule has 0 bridgehead atoms. The second-order valence-electron chi connectivity index (χ2n) is 24.4. The van der Waals surface area contributed by atoms with Crippen LogP contribution in [-0.2, 0) is 27.9 Å². The van der Waals surface area contributed by atoms with Crippen LogP contribution in [0, 0.1) is 0 Å². The summed E-state index contributed by atoms with van der Waals surface area (Å²) in [5, 5.41) is 4.70. The molecule has 0 N–H and O–H groups in total. The van der Waals surface area contributed by atoms with Crippen molar-refractivity contribution in [1.29, 1.82) is 0 Å². The Hall–Kier alpha value is -7.30. The average molecular weight is 1090 g/mol. The SMILES string of the molecule is CC(C)c1ccc(-c2[n-]c(/C=C3/C=CC(/C=C/c4ccc(C(C)(C)C)cc4)=N3)c3ccccc23)c(C(C)C)c1.CC(C)c1ccc(-c2[n-]c(/C=C3/C=CC(/C=C/c4ccc(C(C)(C)C)cc4)=N3)c3ccccc23)c(C(C)C)c1.[Cu]. The fourth-order valence-corrected chi connectivity index (χ4v) is 10.2. The molecule has 6 aromatic carbocycles. The molecule has 2 aliphatic rings. The molecule has 2 aromatic heterocycles. The second kappa shape index (κ2) is 24.4. The van der Waals surface area contributed by atoms with Crippen LogP contribution in [0.25, 0.3) is 68.4 Å². The van der Waals surface area contributed by atoms with Gasteiger partial charge in [0.05, 0.1) is 22.8 Å². The van der Waals surface area contributed by atoms with E-state index in [1.54, 1.807) is 0 Å². The van der Waals surface area contributed by atoms with Crippen molar-refractivity contribution in [2.24, 2.45) is 9.98 Å². The maximum Gasteiger partial charge on any atom is 0.0637 e. The summed E-state index contributed by atoms with van der Waals surface area (Å²) in [5.74, 6) is 1.83. The van der Waals surface area contributed by atoms with Crippen LogP contribution in [0.5, 0.6) is 0 Å². The molecule has 10 rings (SSSR count). The zero-order valence-corrected chi connectivity index (χ0v) is 49.8. The van der Waals surface area contributed by atoms with Crippen molar-refractivity contribution >= 4 is 57.3 Å². The summed E-state index contributed by atoms with van der Waals surface area (Å²) >= 11 is 0. The van der Waals surface area contributed by atoms with Crippen molar-refractivity contribution in [2.45, 2.75) is 131 Å². The van der Waals surface area contributed by atoms with Crippen LogP contribution in [0.15, 0.2) is 191 Å².